The highest BCUT2D eigenvalue weighted by molar-refractivity contribution is 9.11. The summed E-state index contributed by atoms with van der Waals surface area (Å²) in [5, 5.41) is 4.58. The predicted octanol–water partition coefficient (Wildman–Crippen LogP) is 4.73. The van der Waals surface area contributed by atoms with Gasteiger partial charge in [-0.3, -0.25) is 0 Å². The van der Waals surface area contributed by atoms with Crippen molar-refractivity contribution in [2.45, 2.75) is 0 Å². The smallest absolute Gasteiger partial charge is 0.159 e. The van der Waals surface area contributed by atoms with Gasteiger partial charge in [0, 0.05) is 10.9 Å². The van der Waals surface area contributed by atoms with Crippen LogP contribution >= 0.6 is 27.3 Å². The molecule has 0 aliphatic rings. The first kappa shape index (κ1) is 10.00. The van der Waals surface area contributed by atoms with E-state index in [1.807, 2.05) is 0 Å². The van der Waals surface area contributed by atoms with Crippen LogP contribution in [0.4, 0.5) is 0 Å². The molecule has 0 N–H and O–H groups in total. The summed E-state index contributed by atoms with van der Waals surface area (Å²) in [5.41, 5.74) is 2.23. The number of rotatable bonds is 1. The summed E-state index contributed by atoms with van der Waals surface area (Å²) in [6.45, 7) is 0. The van der Waals surface area contributed by atoms with Gasteiger partial charge in [0.2, 0.25) is 0 Å². The average Bonchev–Trinajstić information content (AvgIpc) is 2.75. The van der Waals surface area contributed by atoms with E-state index in [2.05, 4.69) is 68.8 Å². The van der Waals surface area contributed by atoms with Gasteiger partial charge in [-0.1, -0.05) is 42.5 Å². The Morgan fingerprint density at radius 3 is 2.62 bits per heavy atom. The van der Waals surface area contributed by atoms with Gasteiger partial charge in [0.25, 0.3) is 0 Å². The number of benzene rings is 2. The van der Waals surface area contributed by atoms with Crippen LogP contribution in [0, 0.1) is 0 Å². The van der Waals surface area contributed by atoms with Crippen LogP contribution in [0.3, 0.4) is 0 Å². The molecular formula is C13H8BrNS. The number of nitrogens with zero attached hydrogens (tertiary/aromatic N) is 1. The number of fused-ring (bicyclic) bond motifs is 1. The molecule has 0 radical (unpaired) electrons. The summed E-state index contributed by atoms with van der Waals surface area (Å²) in [5.74, 6) is 0. The van der Waals surface area contributed by atoms with Crippen molar-refractivity contribution >= 4 is 38.0 Å². The molecule has 2 aromatic carbocycles. The molecule has 3 heteroatoms. The van der Waals surface area contributed by atoms with Crippen molar-refractivity contribution < 1.29 is 0 Å². The second-order valence-electron chi connectivity index (χ2n) is 3.51. The fourth-order valence-electron chi connectivity index (χ4n) is 1.82. The maximum Gasteiger partial charge on any atom is 0.159 e. The lowest BCUT2D eigenvalue weighted by Gasteiger charge is -2.02. The van der Waals surface area contributed by atoms with Gasteiger partial charge in [-0.05, 0) is 26.7 Å². The highest BCUT2D eigenvalue weighted by Gasteiger charge is 2.06. The third-order valence-corrected chi connectivity index (χ3v) is 3.91. The van der Waals surface area contributed by atoms with Crippen molar-refractivity contribution in [3.8, 4) is 11.3 Å². The second kappa shape index (κ2) is 4.00. The lowest BCUT2D eigenvalue weighted by molar-refractivity contribution is 1.38. The first-order chi connectivity index (χ1) is 7.84. The summed E-state index contributed by atoms with van der Waals surface area (Å²) in [6, 6.07) is 14.7. The third-order valence-electron chi connectivity index (χ3n) is 2.54. The standard InChI is InChI=1S/C13H8BrNS/c14-13-15-12(8-16-13)11-7-3-5-9-4-1-2-6-10(9)11/h1-8H. The molecule has 3 aromatic rings. The van der Waals surface area contributed by atoms with E-state index in [0.717, 1.165) is 9.61 Å². The van der Waals surface area contributed by atoms with E-state index >= 15 is 0 Å². The van der Waals surface area contributed by atoms with Gasteiger partial charge >= 0.3 is 0 Å². The van der Waals surface area contributed by atoms with Crippen molar-refractivity contribution in [2.75, 3.05) is 0 Å². The molecule has 1 nitrogen and oxygen atoms in total. The Kier molecular flexibility index (Phi) is 2.50. The Morgan fingerprint density at radius 1 is 1.00 bits per heavy atom. The van der Waals surface area contributed by atoms with Crippen LogP contribution < -0.4 is 0 Å². The molecular weight excluding hydrogens is 282 g/mol. The Hall–Kier alpha value is -1.19. The van der Waals surface area contributed by atoms with Crippen LogP contribution in [0.2, 0.25) is 0 Å². The SMILES string of the molecule is Brc1nc(-c2cccc3ccccc23)cs1. The molecule has 0 amide bonds. The molecule has 0 spiro atoms. The lowest BCUT2D eigenvalue weighted by atomic mass is 10.0. The summed E-state index contributed by atoms with van der Waals surface area (Å²) in [6.07, 6.45) is 0. The maximum absolute atomic E-state index is 4.47. The Balaban J connectivity index is 2.31. The van der Waals surface area contributed by atoms with E-state index in [1.165, 1.54) is 16.3 Å². The lowest BCUT2D eigenvalue weighted by Crippen LogP contribution is -1.80. The Morgan fingerprint density at radius 2 is 1.81 bits per heavy atom. The van der Waals surface area contributed by atoms with Gasteiger partial charge in [0.05, 0.1) is 5.69 Å². The van der Waals surface area contributed by atoms with Crippen LogP contribution in [-0.2, 0) is 0 Å². The number of hydrogen-bond acceptors (Lipinski definition) is 2. The topological polar surface area (TPSA) is 12.9 Å². The molecule has 16 heavy (non-hydrogen) atoms. The van der Waals surface area contributed by atoms with Gasteiger partial charge in [0.1, 0.15) is 0 Å². The first-order valence-electron chi connectivity index (χ1n) is 4.94. The fraction of sp³-hybridized carbons (Fsp3) is 0. The molecule has 0 bridgehead atoms. The fourth-order valence-corrected chi connectivity index (χ4v) is 2.84. The van der Waals surface area contributed by atoms with E-state index in [1.54, 1.807) is 11.3 Å². The van der Waals surface area contributed by atoms with E-state index in [-0.39, 0.29) is 0 Å². The number of aromatic nitrogens is 1. The molecule has 0 saturated carbocycles. The predicted molar refractivity (Wildman–Crippen MR) is 72.8 cm³/mol. The summed E-state index contributed by atoms with van der Waals surface area (Å²) < 4.78 is 0.926. The van der Waals surface area contributed by atoms with Gasteiger partial charge < -0.3 is 0 Å². The summed E-state index contributed by atoms with van der Waals surface area (Å²) >= 11 is 5.01. The quantitative estimate of drug-likeness (QED) is 0.631. The monoisotopic (exact) mass is 289 g/mol. The molecule has 0 fully saturated rings. The van der Waals surface area contributed by atoms with Crippen molar-refractivity contribution in [1.82, 2.24) is 4.98 Å². The number of halogens is 1. The van der Waals surface area contributed by atoms with Crippen LogP contribution in [0.25, 0.3) is 22.0 Å². The molecule has 1 heterocycles. The van der Waals surface area contributed by atoms with E-state index in [9.17, 15) is 0 Å². The third kappa shape index (κ3) is 1.66. The molecule has 0 saturated heterocycles. The van der Waals surface area contributed by atoms with E-state index in [0.29, 0.717) is 0 Å². The zero-order valence-electron chi connectivity index (χ0n) is 8.35. The zero-order chi connectivity index (χ0) is 11.0. The Bertz CT molecular complexity index is 640. The molecule has 0 aliphatic heterocycles. The highest BCUT2D eigenvalue weighted by atomic mass is 79.9. The summed E-state index contributed by atoms with van der Waals surface area (Å²) in [4.78, 5) is 4.47. The van der Waals surface area contributed by atoms with E-state index < -0.39 is 0 Å². The average molecular weight is 290 g/mol. The molecule has 78 valence electrons. The largest absolute Gasteiger partial charge is 0.229 e. The normalized spacial score (nSPS) is 10.8. The minimum Gasteiger partial charge on any atom is -0.229 e. The van der Waals surface area contributed by atoms with Crippen molar-refractivity contribution in [3.05, 3.63) is 51.8 Å². The zero-order valence-corrected chi connectivity index (χ0v) is 10.8. The molecule has 0 unspecified atom stereocenters. The minimum absolute atomic E-state index is 0.926. The Labute approximate surface area is 106 Å². The van der Waals surface area contributed by atoms with Gasteiger partial charge in [0.15, 0.2) is 3.92 Å². The molecule has 1 aromatic heterocycles. The minimum atomic E-state index is 0.926. The number of thiazole rings is 1. The molecule has 0 aliphatic carbocycles. The van der Waals surface area contributed by atoms with Crippen LogP contribution in [0.5, 0.6) is 0 Å². The van der Waals surface area contributed by atoms with Crippen molar-refractivity contribution in [3.63, 3.8) is 0 Å². The summed E-state index contributed by atoms with van der Waals surface area (Å²) in [7, 11) is 0. The molecule has 0 atom stereocenters. The first-order valence-corrected chi connectivity index (χ1v) is 6.61. The van der Waals surface area contributed by atoms with E-state index in [4.69, 9.17) is 0 Å². The second-order valence-corrected chi connectivity index (χ2v) is 5.65. The number of hydrogen-bond donors (Lipinski definition) is 0. The molecule has 3 rings (SSSR count). The van der Waals surface area contributed by atoms with Crippen molar-refractivity contribution in [1.29, 1.82) is 0 Å². The van der Waals surface area contributed by atoms with Gasteiger partial charge in [-0.25, -0.2) is 4.98 Å². The highest BCUT2D eigenvalue weighted by Crippen LogP contribution is 2.30. The van der Waals surface area contributed by atoms with Crippen LogP contribution in [-0.4, -0.2) is 4.98 Å². The van der Waals surface area contributed by atoms with Crippen molar-refractivity contribution in [2.24, 2.45) is 0 Å². The maximum atomic E-state index is 4.47. The van der Waals surface area contributed by atoms with Gasteiger partial charge in [-0.2, -0.15) is 0 Å². The van der Waals surface area contributed by atoms with Crippen LogP contribution in [0.1, 0.15) is 0 Å². The van der Waals surface area contributed by atoms with Gasteiger partial charge in [-0.15, -0.1) is 11.3 Å². The van der Waals surface area contributed by atoms with Crippen LogP contribution in [0.15, 0.2) is 51.8 Å².